The van der Waals surface area contributed by atoms with E-state index in [4.69, 9.17) is 4.74 Å². The Kier molecular flexibility index (Phi) is 6.88. The van der Waals surface area contributed by atoms with Crippen LogP contribution in [0.15, 0.2) is 24.3 Å². The quantitative estimate of drug-likeness (QED) is 0.872. The highest BCUT2D eigenvalue weighted by Crippen LogP contribution is 2.18. The van der Waals surface area contributed by atoms with Gasteiger partial charge in [-0.15, -0.1) is 0 Å². The van der Waals surface area contributed by atoms with Gasteiger partial charge in [-0.2, -0.15) is 0 Å². The van der Waals surface area contributed by atoms with Crippen LogP contribution in [-0.2, 0) is 9.47 Å². The van der Waals surface area contributed by atoms with Crippen molar-refractivity contribution in [2.24, 2.45) is 0 Å². The molecule has 1 aromatic carbocycles. The first-order valence-corrected chi connectivity index (χ1v) is 7.59. The number of nitrogens with one attached hydrogen (secondary N) is 2. The molecule has 0 aliphatic rings. The predicted octanol–water partition coefficient (Wildman–Crippen LogP) is 3.31. The number of hydrogen-bond acceptors (Lipinski definition) is 4. The molecule has 0 aromatic heterocycles. The van der Waals surface area contributed by atoms with Crippen LogP contribution >= 0.6 is 0 Å². The van der Waals surface area contributed by atoms with Gasteiger partial charge in [0.05, 0.1) is 13.2 Å². The van der Waals surface area contributed by atoms with Crippen LogP contribution in [0.2, 0.25) is 0 Å². The average molecular weight is 322 g/mol. The molecule has 0 radical (unpaired) electrons. The zero-order chi connectivity index (χ0) is 17.5. The van der Waals surface area contributed by atoms with Crippen molar-refractivity contribution in [2.75, 3.05) is 13.7 Å². The predicted molar refractivity (Wildman–Crippen MR) is 88.3 cm³/mol. The Morgan fingerprint density at radius 3 is 2.26 bits per heavy atom. The number of benzene rings is 1. The first-order chi connectivity index (χ1) is 10.7. The van der Waals surface area contributed by atoms with Crippen molar-refractivity contribution in [3.8, 4) is 0 Å². The Morgan fingerprint density at radius 2 is 1.74 bits per heavy atom. The monoisotopic (exact) mass is 322 g/mol. The number of carbonyl (C=O) groups is 2. The maximum absolute atomic E-state index is 12.0. The molecule has 23 heavy (non-hydrogen) atoms. The van der Waals surface area contributed by atoms with Crippen LogP contribution in [-0.4, -0.2) is 31.4 Å². The van der Waals surface area contributed by atoms with Crippen LogP contribution in [0.25, 0.3) is 0 Å². The van der Waals surface area contributed by atoms with Crippen LogP contribution in [0.1, 0.15) is 44.4 Å². The molecule has 6 heteroatoms. The summed E-state index contributed by atoms with van der Waals surface area (Å²) < 4.78 is 9.84. The van der Waals surface area contributed by atoms with E-state index < -0.39 is 17.8 Å². The van der Waals surface area contributed by atoms with Gasteiger partial charge < -0.3 is 20.1 Å². The maximum Gasteiger partial charge on any atom is 0.408 e. The van der Waals surface area contributed by atoms with Gasteiger partial charge in [-0.25, -0.2) is 9.59 Å². The first-order valence-electron chi connectivity index (χ1n) is 7.59. The molecular formula is C17H26N2O4. The normalized spacial score (nSPS) is 12.2. The summed E-state index contributed by atoms with van der Waals surface area (Å²) in [5.41, 5.74) is 1.53. The Labute approximate surface area is 137 Å². The molecule has 0 unspecified atom stereocenters. The summed E-state index contributed by atoms with van der Waals surface area (Å²) in [6.07, 6.45) is -0.455. The van der Waals surface area contributed by atoms with E-state index in [9.17, 15) is 9.59 Å². The summed E-state index contributed by atoms with van der Waals surface area (Å²) in [6.45, 7) is 7.81. The smallest absolute Gasteiger partial charge is 0.408 e. The molecule has 0 heterocycles. The van der Waals surface area contributed by atoms with E-state index >= 15 is 0 Å². The molecule has 2 N–H and O–H groups in total. The molecule has 2 amide bonds. The highest BCUT2D eigenvalue weighted by atomic mass is 16.6. The lowest BCUT2D eigenvalue weighted by Gasteiger charge is -2.24. The van der Waals surface area contributed by atoms with Gasteiger partial charge in [0.2, 0.25) is 0 Å². The first kappa shape index (κ1) is 18.8. The second kappa shape index (κ2) is 8.41. The zero-order valence-electron chi connectivity index (χ0n) is 14.4. The van der Waals surface area contributed by atoms with E-state index in [1.807, 2.05) is 52.0 Å². The van der Waals surface area contributed by atoms with Crippen molar-refractivity contribution in [1.29, 1.82) is 0 Å². The third-order valence-corrected chi connectivity index (χ3v) is 3.06. The molecule has 0 aliphatic carbocycles. The molecule has 0 bridgehead atoms. The maximum atomic E-state index is 12.0. The second-order valence-corrected chi connectivity index (χ2v) is 6.32. The summed E-state index contributed by atoms with van der Waals surface area (Å²) in [6, 6.07) is 7.60. The van der Waals surface area contributed by atoms with Crippen molar-refractivity contribution in [3.05, 3.63) is 35.4 Å². The number of carbonyl (C=O) groups excluding carboxylic acids is 2. The Bertz CT molecular complexity index is 520. The van der Waals surface area contributed by atoms with Crippen molar-refractivity contribution in [3.63, 3.8) is 0 Å². The molecule has 128 valence electrons. The van der Waals surface area contributed by atoms with Gasteiger partial charge in [-0.3, -0.25) is 0 Å². The summed E-state index contributed by atoms with van der Waals surface area (Å²) in [5.74, 6) is 0. The highest BCUT2D eigenvalue weighted by Gasteiger charge is 2.20. The van der Waals surface area contributed by atoms with Gasteiger partial charge in [0.25, 0.3) is 0 Å². The molecule has 0 saturated carbocycles. The van der Waals surface area contributed by atoms with Crippen LogP contribution < -0.4 is 10.6 Å². The van der Waals surface area contributed by atoms with Crippen LogP contribution in [0.5, 0.6) is 0 Å². The van der Waals surface area contributed by atoms with Gasteiger partial charge in [-0.1, -0.05) is 29.8 Å². The van der Waals surface area contributed by atoms with E-state index in [1.54, 1.807) is 0 Å². The molecule has 0 spiro atoms. The molecule has 0 fully saturated rings. The number of rotatable bonds is 5. The van der Waals surface area contributed by atoms with Gasteiger partial charge in [0, 0.05) is 6.54 Å². The standard InChI is InChI=1S/C17H26N2O4/c1-12-6-8-13(9-7-12)14(10-11-18-15(20)22-5)19-16(21)23-17(2,3)4/h6-9,14H,10-11H2,1-5H3,(H,18,20)(H,19,21)/t14-/m0/s1. The van der Waals surface area contributed by atoms with E-state index in [2.05, 4.69) is 15.4 Å². The summed E-state index contributed by atoms with van der Waals surface area (Å²) in [7, 11) is 1.31. The fourth-order valence-corrected chi connectivity index (χ4v) is 1.96. The second-order valence-electron chi connectivity index (χ2n) is 6.32. The lowest BCUT2D eigenvalue weighted by Crippen LogP contribution is -2.36. The fourth-order valence-electron chi connectivity index (χ4n) is 1.96. The van der Waals surface area contributed by atoms with E-state index in [0.717, 1.165) is 11.1 Å². The van der Waals surface area contributed by atoms with Gasteiger partial charge >= 0.3 is 12.2 Å². The van der Waals surface area contributed by atoms with Gasteiger partial charge in [-0.05, 0) is 39.7 Å². The van der Waals surface area contributed by atoms with E-state index in [-0.39, 0.29) is 6.04 Å². The number of aryl methyl sites for hydroxylation is 1. The largest absolute Gasteiger partial charge is 0.453 e. The average Bonchev–Trinajstić information content (AvgIpc) is 2.45. The third kappa shape index (κ3) is 7.54. The Balaban J connectivity index is 2.73. The van der Waals surface area contributed by atoms with Crippen LogP contribution in [0.3, 0.4) is 0 Å². The number of alkyl carbamates (subject to hydrolysis) is 2. The lowest BCUT2D eigenvalue weighted by atomic mass is 10.0. The Hall–Kier alpha value is -2.24. The van der Waals surface area contributed by atoms with Gasteiger partial charge in [0.15, 0.2) is 0 Å². The number of methoxy groups -OCH3 is 1. The van der Waals surface area contributed by atoms with Crippen molar-refractivity contribution in [1.82, 2.24) is 10.6 Å². The number of ether oxygens (including phenoxy) is 2. The third-order valence-electron chi connectivity index (χ3n) is 3.06. The van der Waals surface area contributed by atoms with E-state index in [0.29, 0.717) is 13.0 Å². The SMILES string of the molecule is COC(=O)NCC[C@H](NC(=O)OC(C)(C)C)c1ccc(C)cc1. The highest BCUT2D eigenvalue weighted by molar-refractivity contribution is 5.68. The molecule has 1 atom stereocenters. The molecular weight excluding hydrogens is 296 g/mol. The zero-order valence-corrected chi connectivity index (χ0v) is 14.4. The van der Waals surface area contributed by atoms with Crippen molar-refractivity contribution >= 4 is 12.2 Å². The molecule has 1 aromatic rings. The van der Waals surface area contributed by atoms with Crippen molar-refractivity contribution in [2.45, 2.75) is 45.8 Å². The minimum atomic E-state index is -0.563. The van der Waals surface area contributed by atoms with Crippen molar-refractivity contribution < 1.29 is 19.1 Å². The summed E-state index contributed by atoms with van der Waals surface area (Å²) in [5, 5.41) is 5.46. The number of hydrogen-bond donors (Lipinski definition) is 2. The molecule has 0 saturated heterocycles. The minimum absolute atomic E-state index is 0.261. The summed E-state index contributed by atoms with van der Waals surface area (Å²) in [4.78, 5) is 23.2. The summed E-state index contributed by atoms with van der Waals surface area (Å²) >= 11 is 0. The molecule has 0 aliphatic heterocycles. The topological polar surface area (TPSA) is 76.7 Å². The van der Waals surface area contributed by atoms with E-state index in [1.165, 1.54) is 7.11 Å². The van der Waals surface area contributed by atoms with Gasteiger partial charge in [0.1, 0.15) is 5.60 Å². The lowest BCUT2D eigenvalue weighted by molar-refractivity contribution is 0.0501. The minimum Gasteiger partial charge on any atom is -0.453 e. The van der Waals surface area contributed by atoms with Crippen LogP contribution in [0, 0.1) is 6.92 Å². The molecule has 1 rings (SSSR count). The fraction of sp³-hybridized carbons (Fsp3) is 0.529. The molecule has 6 nitrogen and oxygen atoms in total. The Morgan fingerprint density at radius 1 is 1.13 bits per heavy atom. The van der Waals surface area contributed by atoms with Crippen LogP contribution in [0.4, 0.5) is 9.59 Å². The number of amides is 2.